The lowest BCUT2D eigenvalue weighted by Crippen LogP contribution is -2.39. The molecule has 0 fully saturated rings. The van der Waals surface area contributed by atoms with Gasteiger partial charge in [0.2, 0.25) is 0 Å². The molecule has 4 rings (SSSR count). The molecule has 190 valence electrons. The fraction of sp³-hybridized carbons (Fsp3) is 0.172. The van der Waals surface area contributed by atoms with Gasteiger partial charge in [-0.25, -0.2) is 13.8 Å². The van der Waals surface area contributed by atoms with Crippen molar-refractivity contribution in [1.82, 2.24) is 9.99 Å². The maximum Gasteiger partial charge on any atom is 0.264 e. The summed E-state index contributed by atoms with van der Waals surface area (Å²) in [4.78, 5) is 12.9. The number of hydrogen-bond acceptors (Lipinski definition) is 4. The van der Waals surface area contributed by atoms with Gasteiger partial charge < -0.3 is 4.57 Å². The van der Waals surface area contributed by atoms with E-state index in [-0.39, 0.29) is 4.90 Å². The van der Waals surface area contributed by atoms with E-state index in [0.29, 0.717) is 5.69 Å². The van der Waals surface area contributed by atoms with Crippen molar-refractivity contribution in [2.75, 3.05) is 10.8 Å². The van der Waals surface area contributed by atoms with Gasteiger partial charge in [0.25, 0.3) is 15.9 Å². The van der Waals surface area contributed by atoms with Gasteiger partial charge in [-0.1, -0.05) is 54.6 Å². The molecule has 0 radical (unpaired) electrons. The van der Waals surface area contributed by atoms with Gasteiger partial charge in [0.1, 0.15) is 6.54 Å². The number of amides is 1. The van der Waals surface area contributed by atoms with Crippen LogP contribution in [0.2, 0.25) is 0 Å². The molecular formula is C29H30N4O3S. The highest BCUT2D eigenvalue weighted by Crippen LogP contribution is 2.26. The summed E-state index contributed by atoms with van der Waals surface area (Å²) < 4.78 is 29.9. The molecule has 0 bridgehead atoms. The van der Waals surface area contributed by atoms with Crippen LogP contribution in [-0.4, -0.2) is 31.7 Å². The summed E-state index contributed by atoms with van der Waals surface area (Å²) in [7, 11) is -3.96. The lowest BCUT2D eigenvalue weighted by molar-refractivity contribution is -0.119. The smallest absolute Gasteiger partial charge is 0.264 e. The van der Waals surface area contributed by atoms with Crippen LogP contribution >= 0.6 is 0 Å². The number of anilines is 1. The predicted octanol–water partition coefficient (Wildman–Crippen LogP) is 5.06. The molecule has 1 aromatic heterocycles. The van der Waals surface area contributed by atoms with E-state index in [1.807, 2.05) is 26.0 Å². The number of rotatable bonds is 8. The van der Waals surface area contributed by atoms with Crippen LogP contribution in [0.15, 0.2) is 94.9 Å². The Morgan fingerprint density at radius 1 is 0.892 bits per heavy atom. The normalized spacial score (nSPS) is 11.6. The van der Waals surface area contributed by atoms with Gasteiger partial charge in [-0.3, -0.25) is 9.10 Å². The molecule has 0 unspecified atom stereocenters. The second-order valence-electron chi connectivity index (χ2n) is 8.86. The molecule has 0 saturated heterocycles. The van der Waals surface area contributed by atoms with Crippen LogP contribution in [0, 0.1) is 27.7 Å². The SMILES string of the molecule is Cc1cccc(C)c1-n1c(C)cc(/C=N/NC(=O)CN(c2ccccc2)S(=O)(=O)c2ccccc2)c1C. The number of sulfonamides is 1. The molecule has 0 aliphatic carbocycles. The summed E-state index contributed by atoms with van der Waals surface area (Å²) in [5.74, 6) is -0.553. The Kier molecular flexibility index (Phi) is 7.59. The van der Waals surface area contributed by atoms with Crippen LogP contribution in [0.25, 0.3) is 5.69 Å². The summed E-state index contributed by atoms with van der Waals surface area (Å²) in [5.41, 5.74) is 9.24. The van der Waals surface area contributed by atoms with E-state index in [0.717, 1.165) is 26.9 Å². The van der Waals surface area contributed by atoms with Gasteiger partial charge in [0.05, 0.1) is 22.5 Å². The van der Waals surface area contributed by atoms with E-state index in [1.165, 1.54) is 23.3 Å². The molecule has 3 aromatic carbocycles. The van der Waals surface area contributed by atoms with Gasteiger partial charge in [0.15, 0.2) is 0 Å². The quantitative estimate of drug-likeness (QED) is 0.264. The van der Waals surface area contributed by atoms with Gasteiger partial charge in [-0.05, 0) is 69.2 Å². The summed E-state index contributed by atoms with van der Waals surface area (Å²) in [6.07, 6.45) is 1.59. The van der Waals surface area contributed by atoms with Crippen molar-refractivity contribution in [2.24, 2.45) is 5.10 Å². The lowest BCUT2D eigenvalue weighted by Gasteiger charge is -2.23. The first-order valence-electron chi connectivity index (χ1n) is 11.9. The van der Waals surface area contributed by atoms with Crippen LogP contribution in [0.4, 0.5) is 5.69 Å². The standard InChI is InChI=1S/C29H30N4O3S/c1-21-12-11-13-22(2)29(21)33-23(3)18-25(24(33)4)19-30-31-28(34)20-32(26-14-7-5-8-15-26)37(35,36)27-16-9-6-10-17-27/h5-19H,20H2,1-4H3,(H,31,34)/b30-19+. The minimum Gasteiger partial charge on any atom is -0.317 e. The largest absolute Gasteiger partial charge is 0.317 e. The number of benzene rings is 3. The van der Waals surface area contributed by atoms with Gasteiger partial charge in [0, 0.05) is 17.0 Å². The number of carbonyl (C=O) groups is 1. The van der Waals surface area contributed by atoms with Crippen LogP contribution in [0.3, 0.4) is 0 Å². The minimum atomic E-state index is -3.96. The second-order valence-corrected chi connectivity index (χ2v) is 10.7. The molecule has 1 amide bonds. The van der Waals surface area contributed by atoms with E-state index < -0.39 is 22.5 Å². The Morgan fingerprint density at radius 3 is 2.11 bits per heavy atom. The molecule has 0 spiro atoms. The van der Waals surface area contributed by atoms with Crippen LogP contribution in [-0.2, 0) is 14.8 Å². The summed E-state index contributed by atoms with van der Waals surface area (Å²) >= 11 is 0. The third kappa shape index (κ3) is 5.49. The molecule has 4 aromatic rings. The van der Waals surface area contributed by atoms with E-state index in [2.05, 4.69) is 41.1 Å². The maximum atomic E-state index is 13.3. The summed E-state index contributed by atoms with van der Waals surface area (Å²) in [6.45, 7) is 7.78. The van der Waals surface area contributed by atoms with E-state index in [9.17, 15) is 13.2 Å². The molecule has 8 heteroatoms. The van der Waals surface area contributed by atoms with Crippen molar-refractivity contribution in [1.29, 1.82) is 0 Å². The van der Waals surface area contributed by atoms with Crippen molar-refractivity contribution >= 4 is 27.8 Å². The molecular weight excluding hydrogens is 484 g/mol. The van der Waals surface area contributed by atoms with Crippen molar-refractivity contribution in [2.45, 2.75) is 32.6 Å². The molecule has 0 saturated carbocycles. The number of nitrogens with zero attached hydrogens (tertiary/aromatic N) is 3. The molecule has 37 heavy (non-hydrogen) atoms. The van der Waals surface area contributed by atoms with Crippen LogP contribution < -0.4 is 9.73 Å². The van der Waals surface area contributed by atoms with E-state index >= 15 is 0 Å². The summed E-state index contributed by atoms with van der Waals surface area (Å²) in [6, 6.07) is 24.8. The molecule has 7 nitrogen and oxygen atoms in total. The number of nitrogens with one attached hydrogen (secondary N) is 1. The maximum absolute atomic E-state index is 13.3. The third-order valence-corrected chi connectivity index (χ3v) is 7.98. The van der Waals surface area contributed by atoms with Crippen molar-refractivity contribution < 1.29 is 13.2 Å². The Labute approximate surface area is 218 Å². The third-order valence-electron chi connectivity index (χ3n) is 6.19. The number of hydrogen-bond donors (Lipinski definition) is 1. The predicted molar refractivity (Wildman–Crippen MR) is 148 cm³/mol. The molecule has 1 heterocycles. The minimum absolute atomic E-state index is 0.106. The highest BCUT2D eigenvalue weighted by atomic mass is 32.2. The average Bonchev–Trinajstić information content (AvgIpc) is 3.16. The zero-order chi connectivity index (χ0) is 26.6. The Hall–Kier alpha value is -4.17. The summed E-state index contributed by atoms with van der Waals surface area (Å²) in [5, 5.41) is 4.14. The molecule has 0 aliphatic heterocycles. The number of aromatic nitrogens is 1. The first kappa shape index (κ1) is 25.9. The number of aryl methyl sites for hydroxylation is 3. The molecule has 1 N–H and O–H groups in total. The van der Waals surface area contributed by atoms with Gasteiger partial charge in [-0.15, -0.1) is 0 Å². The van der Waals surface area contributed by atoms with Gasteiger partial charge >= 0.3 is 0 Å². The average molecular weight is 515 g/mol. The highest BCUT2D eigenvalue weighted by Gasteiger charge is 2.27. The number of para-hydroxylation sites is 2. The Morgan fingerprint density at radius 2 is 1.49 bits per heavy atom. The zero-order valence-corrected chi connectivity index (χ0v) is 22.2. The van der Waals surface area contributed by atoms with Crippen molar-refractivity contribution in [3.63, 3.8) is 0 Å². The van der Waals surface area contributed by atoms with Crippen LogP contribution in [0.1, 0.15) is 28.1 Å². The fourth-order valence-corrected chi connectivity index (χ4v) is 5.83. The zero-order valence-electron chi connectivity index (χ0n) is 21.3. The van der Waals surface area contributed by atoms with Gasteiger partial charge in [-0.2, -0.15) is 5.10 Å². The fourth-order valence-electron chi connectivity index (χ4n) is 4.39. The van der Waals surface area contributed by atoms with E-state index in [4.69, 9.17) is 0 Å². The van der Waals surface area contributed by atoms with E-state index in [1.54, 1.807) is 54.7 Å². The van der Waals surface area contributed by atoms with Crippen molar-refractivity contribution in [3.05, 3.63) is 113 Å². The highest BCUT2D eigenvalue weighted by molar-refractivity contribution is 7.92. The lowest BCUT2D eigenvalue weighted by atomic mass is 10.1. The van der Waals surface area contributed by atoms with Crippen LogP contribution in [0.5, 0.6) is 0 Å². The molecule has 0 aliphatic rings. The Bertz CT molecular complexity index is 1520. The first-order valence-corrected chi connectivity index (χ1v) is 13.3. The molecule has 0 atom stereocenters. The second kappa shape index (κ2) is 10.8. The first-order chi connectivity index (χ1) is 17.7. The topological polar surface area (TPSA) is 83.8 Å². The van der Waals surface area contributed by atoms with Crippen molar-refractivity contribution in [3.8, 4) is 5.69 Å². The Balaban J connectivity index is 1.55. The number of carbonyl (C=O) groups excluding carboxylic acids is 1. The number of hydrazone groups is 1. The monoisotopic (exact) mass is 514 g/mol.